The second kappa shape index (κ2) is 6.29. The van der Waals surface area contributed by atoms with Gasteiger partial charge in [0, 0.05) is 18.7 Å². The van der Waals surface area contributed by atoms with E-state index in [9.17, 15) is 18.5 Å². The molecule has 0 aliphatic carbocycles. The number of nitrogens with two attached hydrogens (primary N) is 1. The van der Waals surface area contributed by atoms with Crippen LogP contribution in [0.15, 0.2) is 23.1 Å². The highest BCUT2D eigenvalue weighted by molar-refractivity contribution is 7.89. The monoisotopic (exact) mass is 308 g/mol. The average Bonchev–Trinajstić information content (AvgIpc) is 2.27. The number of ether oxygens (including phenoxy) is 1. The lowest BCUT2D eigenvalue weighted by molar-refractivity contribution is -0.385. The third-order valence-electron chi connectivity index (χ3n) is 2.37. The van der Waals surface area contributed by atoms with Crippen molar-refractivity contribution in [2.24, 2.45) is 5.14 Å². The largest absolute Gasteiger partial charge is 0.383 e. The Balaban J connectivity index is 3.16. The Labute approximate surface area is 115 Å². The highest BCUT2D eigenvalue weighted by Crippen LogP contribution is 2.24. The summed E-state index contributed by atoms with van der Waals surface area (Å²) in [6.07, 6.45) is 0.191. The van der Waals surface area contributed by atoms with E-state index in [1.807, 2.05) is 0 Å². The number of halogens is 1. The molecular weight excluding hydrogens is 296 g/mol. The summed E-state index contributed by atoms with van der Waals surface area (Å²) in [7, 11) is -2.51. The van der Waals surface area contributed by atoms with Crippen LogP contribution in [0.3, 0.4) is 0 Å². The molecular formula is C10H13ClN2O5S. The van der Waals surface area contributed by atoms with Crippen molar-refractivity contribution in [3.8, 4) is 0 Å². The zero-order chi connectivity index (χ0) is 14.6. The van der Waals surface area contributed by atoms with Gasteiger partial charge in [-0.1, -0.05) is 6.07 Å². The van der Waals surface area contributed by atoms with Gasteiger partial charge in [0.05, 0.1) is 21.8 Å². The molecule has 0 bridgehead atoms. The molecule has 0 aliphatic heterocycles. The summed E-state index contributed by atoms with van der Waals surface area (Å²) < 4.78 is 27.1. The zero-order valence-corrected chi connectivity index (χ0v) is 11.6. The van der Waals surface area contributed by atoms with Crippen LogP contribution in [0.5, 0.6) is 0 Å². The molecule has 1 rings (SSSR count). The summed E-state index contributed by atoms with van der Waals surface area (Å²) in [5.74, 6) is 0. The molecule has 1 aromatic rings. The predicted octanol–water partition coefficient (Wildman–Crippen LogP) is 1.04. The van der Waals surface area contributed by atoms with Crippen LogP contribution in [0.1, 0.15) is 5.56 Å². The lowest BCUT2D eigenvalue weighted by atomic mass is 10.1. The number of nitro benzene ring substituents is 1. The first-order valence-corrected chi connectivity index (χ1v) is 7.17. The summed E-state index contributed by atoms with van der Waals surface area (Å²) in [5.41, 5.74) is 0.00253. The molecule has 0 aromatic heterocycles. The van der Waals surface area contributed by atoms with E-state index in [1.165, 1.54) is 19.2 Å². The molecule has 0 amide bonds. The van der Waals surface area contributed by atoms with E-state index >= 15 is 0 Å². The van der Waals surface area contributed by atoms with Crippen molar-refractivity contribution in [2.75, 3.05) is 13.7 Å². The van der Waals surface area contributed by atoms with Gasteiger partial charge >= 0.3 is 0 Å². The van der Waals surface area contributed by atoms with Crippen LogP contribution in [-0.4, -0.2) is 32.4 Å². The number of alkyl halides is 1. The van der Waals surface area contributed by atoms with Gasteiger partial charge in [-0.2, -0.15) is 0 Å². The van der Waals surface area contributed by atoms with Crippen molar-refractivity contribution < 1.29 is 18.1 Å². The number of nitrogens with zero attached hydrogens (tertiary/aromatic N) is 1. The lowest BCUT2D eigenvalue weighted by Gasteiger charge is -2.09. The minimum Gasteiger partial charge on any atom is -0.383 e. The van der Waals surface area contributed by atoms with Gasteiger partial charge in [0.25, 0.3) is 5.69 Å². The molecule has 0 radical (unpaired) electrons. The summed E-state index contributed by atoms with van der Waals surface area (Å²) in [4.78, 5) is 9.96. The molecule has 19 heavy (non-hydrogen) atoms. The molecule has 0 saturated heterocycles. The molecule has 9 heteroatoms. The smallest absolute Gasteiger partial charge is 0.273 e. The quantitative estimate of drug-likeness (QED) is 0.479. The van der Waals surface area contributed by atoms with E-state index in [4.69, 9.17) is 21.5 Å². The summed E-state index contributed by atoms with van der Waals surface area (Å²) >= 11 is 5.93. The van der Waals surface area contributed by atoms with Crippen LogP contribution in [0.25, 0.3) is 0 Å². The van der Waals surface area contributed by atoms with Crippen LogP contribution in [0.4, 0.5) is 5.69 Å². The van der Waals surface area contributed by atoms with Crippen LogP contribution in [0, 0.1) is 10.1 Å². The standard InChI is InChI=1S/C10H13ClN2O5S/c1-18-6-8(11)4-7-2-3-9(19(12,16)17)5-10(7)13(14)15/h2-3,5,8H,4,6H2,1H3,(H2,12,16,17). The van der Waals surface area contributed by atoms with Gasteiger partial charge in [-0.05, 0) is 12.5 Å². The molecule has 1 aromatic carbocycles. The Kier molecular flexibility index (Phi) is 5.24. The second-order valence-corrected chi connectivity index (χ2v) is 6.03. The fourth-order valence-corrected chi connectivity index (χ4v) is 2.37. The first kappa shape index (κ1) is 15.8. The van der Waals surface area contributed by atoms with Crippen molar-refractivity contribution >= 4 is 27.3 Å². The van der Waals surface area contributed by atoms with E-state index in [0.29, 0.717) is 5.56 Å². The number of rotatable bonds is 6. The van der Waals surface area contributed by atoms with E-state index in [0.717, 1.165) is 6.07 Å². The predicted molar refractivity (Wildman–Crippen MR) is 69.7 cm³/mol. The first-order chi connectivity index (χ1) is 8.75. The highest BCUT2D eigenvalue weighted by Gasteiger charge is 2.20. The van der Waals surface area contributed by atoms with Crippen molar-refractivity contribution in [1.82, 2.24) is 0 Å². The molecule has 0 aliphatic rings. The summed E-state index contributed by atoms with van der Waals surface area (Å²) in [6, 6.07) is 3.48. The number of sulfonamides is 1. The number of hydrogen-bond acceptors (Lipinski definition) is 5. The number of hydrogen-bond donors (Lipinski definition) is 1. The SMILES string of the molecule is COCC(Cl)Cc1ccc(S(N)(=O)=O)cc1[N+](=O)[O-]. The zero-order valence-electron chi connectivity index (χ0n) is 10.1. The minimum atomic E-state index is -3.98. The number of primary sulfonamides is 1. The third kappa shape index (κ3) is 4.43. The molecule has 1 atom stereocenters. The summed E-state index contributed by atoms with van der Waals surface area (Å²) in [5, 5.41) is 15.4. The van der Waals surface area contributed by atoms with Gasteiger partial charge in [-0.3, -0.25) is 10.1 Å². The molecule has 1 unspecified atom stereocenters. The Bertz CT molecular complexity index is 575. The van der Waals surface area contributed by atoms with Gasteiger partial charge in [0.2, 0.25) is 10.0 Å². The Morgan fingerprint density at radius 3 is 2.63 bits per heavy atom. The van der Waals surface area contributed by atoms with Crippen LogP contribution in [0.2, 0.25) is 0 Å². The van der Waals surface area contributed by atoms with E-state index in [-0.39, 0.29) is 23.6 Å². The maximum atomic E-state index is 11.2. The number of nitro groups is 1. The molecule has 0 heterocycles. The normalized spacial score (nSPS) is 13.2. The Morgan fingerprint density at radius 2 is 2.16 bits per heavy atom. The van der Waals surface area contributed by atoms with Gasteiger partial charge in [-0.25, -0.2) is 13.6 Å². The molecule has 0 fully saturated rings. The lowest BCUT2D eigenvalue weighted by Crippen LogP contribution is -2.14. The molecule has 2 N–H and O–H groups in total. The van der Waals surface area contributed by atoms with E-state index < -0.39 is 20.3 Å². The Hall–Kier alpha value is -1.22. The summed E-state index contributed by atoms with van der Waals surface area (Å²) in [6.45, 7) is 0.232. The molecule has 106 valence electrons. The van der Waals surface area contributed by atoms with Crippen molar-refractivity contribution in [3.05, 3.63) is 33.9 Å². The van der Waals surface area contributed by atoms with Gasteiger partial charge in [-0.15, -0.1) is 11.6 Å². The van der Waals surface area contributed by atoms with Crippen LogP contribution in [-0.2, 0) is 21.2 Å². The second-order valence-electron chi connectivity index (χ2n) is 3.85. The average molecular weight is 309 g/mol. The van der Waals surface area contributed by atoms with E-state index in [1.54, 1.807) is 0 Å². The molecule has 0 spiro atoms. The van der Waals surface area contributed by atoms with Crippen LogP contribution < -0.4 is 5.14 Å². The van der Waals surface area contributed by atoms with Gasteiger partial charge in [0.1, 0.15) is 0 Å². The molecule has 0 saturated carbocycles. The minimum absolute atomic E-state index is 0.191. The first-order valence-electron chi connectivity index (χ1n) is 5.19. The molecule has 7 nitrogen and oxygen atoms in total. The van der Waals surface area contributed by atoms with Crippen LogP contribution >= 0.6 is 11.6 Å². The third-order valence-corrected chi connectivity index (χ3v) is 3.56. The van der Waals surface area contributed by atoms with Gasteiger partial charge in [0.15, 0.2) is 0 Å². The van der Waals surface area contributed by atoms with Crippen molar-refractivity contribution in [2.45, 2.75) is 16.7 Å². The number of benzene rings is 1. The fourth-order valence-electron chi connectivity index (χ4n) is 1.54. The topological polar surface area (TPSA) is 113 Å². The van der Waals surface area contributed by atoms with Gasteiger partial charge < -0.3 is 4.74 Å². The maximum Gasteiger partial charge on any atom is 0.273 e. The van der Waals surface area contributed by atoms with E-state index in [2.05, 4.69) is 0 Å². The van der Waals surface area contributed by atoms with Crippen molar-refractivity contribution in [1.29, 1.82) is 0 Å². The number of methoxy groups -OCH3 is 1. The Morgan fingerprint density at radius 1 is 1.53 bits per heavy atom. The highest BCUT2D eigenvalue weighted by atomic mass is 35.5. The van der Waals surface area contributed by atoms with Crippen molar-refractivity contribution in [3.63, 3.8) is 0 Å². The maximum absolute atomic E-state index is 11.2. The fraction of sp³-hybridized carbons (Fsp3) is 0.400.